The first-order valence-electron chi connectivity index (χ1n) is 11.1. The number of aromatic nitrogens is 1. The SMILES string of the molecule is COc1ccc(NC(=O)C(=O)NC[C@H](c2cccnc2)N2CCc3ccccc3C2)cc1OC. The fraction of sp³-hybridized carbons (Fsp3) is 0.269. The lowest BCUT2D eigenvalue weighted by atomic mass is 9.97. The van der Waals surface area contributed by atoms with Crippen molar-refractivity contribution in [3.05, 3.63) is 83.7 Å². The highest BCUT2D eigenvalue weighted by atomic mass is 16.5. The first-order valence-corrected chi connectivity index (χ1v) is 11.1. The summed E-state index contributed by atoms with van der Waals surface area (Å²) in [7, 11) is 3.04. The number of nitrogens with zero attached hydrogens (tertiary/aromatic N) is 2. The molecule has 2 N–H and O–H groups in total. The number of ether oxygens (including phenoxy) is 2. The molecule has 0 aliphatic carbocycles. The molecular formula is C26H28N4O4. The number of carbonyl (C=O) groups is 2. The number of hydrogen-bond donors (Lipinski definition) is 2. The molecule has 8 heteroatoms. The third-order valence-electron chi connectivity index (χ3n) is 5.97. The highest BCUT2D eigenvalue weighted by Crippen LogP contribution is 2.30. The number of pyridine rings is 1. The Balaban J connectivity index is 1.43. The summed E-state index contributed by atoms with van der Waals surface area (Å²) in [6, 6.07) is 17.1. The van der Waals surface area contributed by atoms with Gasteiger partial charge in [0, 0.05) is 43.8 Å². The summed E-state index contributed by atoms with van der Waals surface area (Å²) < 4.78 is 10.5. The van der Waals surface area contributed by atoms with E-state index in [0.717, 1.165) is 25.1 Å². The molecule has 2 heterocycles. The summed E-state index contributed by atoms with van der Waals surface area (Å²) in [4.78, 5) is 31.7. The van der Waals surface area contributed by atoms with Crippen LogP contribution in [-0.4, -0.2) is 49.0 Å². The zero-order valence-corrected chi connectivity index (χ0v) is 19.3. The number of methoxy groups -OCH3 is 2. The molecular weight excluding hydrogens is 432 g/mol. The third-order valence-corrected chi connectivity index (χ3v) is 5.97. The molecule has 1 aromatic heterocycles. The van der Waals surface area contributed by atoms with Crippen LogP contribution in [0.3, 0.4) is 0 Å². The van der Waals surface area contributed by atoms with Crippen LogP contribution in [0.4, 0.5) is 5.69 Å². The molecule has 0 unspecified atom stereocenters. The molecule has 0 saturated heterocycles. The number of fused-ring (bicyclic) bond motifs is 1. The summed E-state index contributed by atoms with van der Waals surface area (Å²) in [6.45, 7) is 1.90. The Morgan fingerprint density at radius 3 is 2.53 bits per heavy atom. The van der Waals surface area contributed by atoms with Gasteiger partial charge in [-0.15, -0.1) is 0 Å². The Hall–Kier alpha value is -3.91. The Kier molecular flexibility index (Phi) is 7.39. The molecule has 1 aliphatic heterocycles. The minimum Gasteiger partial charge on any atom is -0.493 e. The zero-order valence-electron chi connectivity index (χ0n) is 19.3. The fourth-order valence-electron chi connectivity index (χ4n) is 4.19. The maximum absolute atomic E-state index is 12.6. The van der Waals surface area contributed by atoms with Crippen molar-refractivity contribution in [2.45, 2.75) is 19.0 Å². The van der Waals surface area contributed by atoms with Crippen molar-refractivity contribution >= 4 is 17.5 Å². The molecule has 0 spiro atoms. The van der Waals surface area contributed by atoms with Gasteiger partial charge in [-0.3, -0.25) is 19.5 Å². The van der Waals surface area contributed by atoms with E-state index in [1.54, 1.807) is 30.6 Å². The average Bonchev–Trinajstić information content (AvgIpc) is 2.89. The van der Waals surface area contributed by atoms with Gasteiger partial charge in [0.1, 0.15) is 0 Å². The maximum atomic E-state index is 12.6. The lowest BCUT2D eigenvalue weighted by Gasteiger charge is -2.35. The van der Waals surface area contributed by atoms with E-state index >= 15 is 0 Å². The largest absolute Gasteiger partial charge is 0.493 e. The van der Waals surface area contributed by atoms with Crippen LogP contribution in [0.25, 0.3) is 0 Å². The first kappa shape index (κ1) is 23.3. The van der Waals surface area contributed by atoms with E-state index in [1.807, 2.05) is 18.2 Å². The van der Waals surface area contributed by atoms with Gasteiger partial charge in [-0.05, 0) is 41.3 Å². The highest BCUT2D eigenvalue weighted by Gasteiger charge is 2.26. The quantitative estimate of drug-likeness (QED) is 0.527. The number of anilines is 1. The van der Waals surface area contributed by atoms with E-state index in [2.05, 4.69) is 38.7 Å². The lowest BCUT2D eigenvalue weighted by Crippen LogP contribution is -2.43. The van der Waals surface area contributed by atoms with Gasteiger partial charge >= 0.3 is 11.8 Å². The fourth-order valence-corrected chi connectivity index (χ4v) is 4.19. The second-order valence-electron chi connectivity index (χ2n) is 8.03. The van der Waals surface area contributed by atoms with Crippen LogP contribution < -0.4 is 20.1 Å². The predicted molar refractivity (Wildman–Crippen MR) is 129 cm³/mol. The Morgan fingerprint density at radius 1 is 1.00 bits per heavy atom. The number of nitrogens with one attached hydrogen (secondary N) is 2. The standard InChI is InChI=1S/C26H28N4O4/c1-33-23-10-9-21(14-24(23)34-2)29-26(32)25(31)28-16-22(19-8-5-12-27-15-19)30-13-11-18-6-3-4-7-20(18)17-30/h3-10,12,14-15,22H,11,13,16-17H2,1-2H3,(H,28,31)(H,29,32)/t22-/m1/s1. The van der Waals surface area contributed by atoms with Gasteiger partial charge < -0.3 is 20.1 Å². The molecule has 34 heavy (non-hydrogen) atoms. The van der Waals surface area contributed by atoms with Gasteiger partial charge in [0.05, 0.1) is 20.3 Å². The Bertz CT molecular complexity index is 1150. The number of benzene rings is 2. The highest BCUT2D eigenvalue weighted by molar-refractivity contribution is 6.39. The van der Waals surface area contributed by atoms with Gasteiger partial charge in [0.25, 0.3) is 0 Å². The van der Waals surface area contributed by atoms with Gasteiger partial charge in [-0.25, -0.2) is 0 Å². The lowest BCUT2D eigenvalue weighted by molar-refractivity contribution is -0.136. The molecule has 3 aromatic rings. The maximum Gasteiger partial charge on any atom is 0.313 e. The Morgan fingerprint density at radius 2 is 1.79 bits per heavy atom. The summed E-state index contributed by atoms with van der Waals surface area (Å²) in [5, 5.41) is 5.41. The minimum absolute atomic E-state index is 0.111. The van der Waals surface area contributed by atoms with E-state index in [0.29, 0.717) is 17.2 Å². The number of rotatable bonds is 7. The molecule has 0 bridgehead atoms. The van der Waals surface area contributed by atoms with Crippen molar-refractivity contribution < 1.29 is 19.1 Å². The minimum atomic E-state index is -0.749. The third kappa shape index (κ3) is 5.35. The van der Waals surface area contributed by atoms with Gasteiger partial charge in [0.15, 0.2) is 11.5 Å². The molecule has 2 aromatic carbocycles. The normalized spacial score (nSPS) is 13.9. The topological polar surface area (TPSA) is 92.8 Å². The van der Waals surface area contributed by atoms with Crippen molar-refractivity contribution in [3.63, 3.8) is 0 Å². The molecule has 1 atom stereocenters. The van der Waals surface area contributed by atoms with E-state index in [1.165, 1.54) is 25.3 Å². The smallest absolute Gasteiger partial charge is 0.313 e. The van der Waals surface area contributed by atoms with Crippen molar-refractivity contribution in [1.82, 2.24) is 15.2 Å². The predicted octanol–water partition coefficient (Wildman–Crippen LogP) is 2.95. The van der Waals surface area contributed by atoms with Crippen LogP contribution in [0.2, 0.25) is 0 Å². The second-order valence-corrected chi connectivity index (χ2v) is 8.03. The van der Waals surface area contributed by atoms with Crippen LogP contribution in [0, 0.1) is 0 Å². The van der Waals surface area contributed by atoms with Crippen LogP contribution in [0.15, 0.2) is 67.0 Å². The second kappa shape index (κ2) is 10.8. The molecule has 0 fully saturated rings. The number of amides is 2. The van der Waals surface area contributed by atoms with E-state index in [4.69, 9.17) is 9.47 Å². The molecule has 8 nitrogen and oxygen atoms in total. The van der Waals surface area contributed by atoms with Crippen molar-refractivity contribution in [1.29, 1.82) is 0 Å². The molecule has 1 aliphatic rings. The summed E-state index contributed by atoms with van der Waals surface area (Å²) in [5.74, 6) is -0.461. The molecule has 0 saturated carbocycles. The van der Waals surface area contributed by atoms with Crippen molar-refractivity contribution in [2.75, 3.05) is 32.6 Å². The van der Waals surface area contributed by atoms with Crippen molar-refractivity contribution in [3.8, 4) is 11.5 Å². The van der Waals surface area contributed by atoms with E-state index < -0.39 is 11.8 Å². The van der Waals surface area contributed by atoms with Gasteiger partial charge in [-0.2, -0.15) is 0 Å². The van der Waals surface area contributed by atoms with Gasteiger partial charge in [0.2, 0.25) is 0 Å². The monoisotopic (exact) mass is 460 g/mol. The average molecular weight is 461 g/mol. The molecule has 176 valence electrons. The van der Waals surface area contributed by atoms with Crippen molar-refractivity contribution in [2.24, 2.45) is 0 Å². The van der Waals surface area contributed by atoms with Crippen LogP contribution >= 0.6 is 0 Å². The summed E-state index contributed by atoms with van der Waals surface area (Å²) in [5.41, 5.74) is 4.05. The summed E-state index contributed by atoms with van der Waals surface area (Å²) in [6.07, 6.45) is 4.46. The zero-order chi connectivity index (χ0) is 23.9. The van der Waals surface area contributed by atoms with Crippen LogP contribution in [0.5, 0.6) is 11.5 Å². The number of hydrogen-bond acceptors (Lipinski definition) is 6. The molecule has 2 amide bonds. The number of carbonyl (C=O) groups excluding carboxylic acids is 2. The Labute approximate surface area is 198 Å². The first-order chi connectivity index (χ1) is 16.6. The molecule has 4 rings (SSSR count). The van der Waals surface area contributed by atoms with Crippen LogP contribution in [-0.2, 0) is 22.6 Å². The van der Waals surface area contributed by atoms with Crippen LogP contribution in [0.1, 0.15) is 22.7 Å². The van der Waals surface area contributed by atoms with Gasteiger partial charge in [-0.1, -0.05) is 30.3 Å². The van der Waals surface area contributed by atoms with E-state index in [9.17, 15) is 9.59 Å². The molecule has 0 radical (unpaired) electrons. The summed E-state index contributed by atoms with van der Waals surface area (Å²) >= 11 is 0. The van der Waals surface area contributed by atoms with E-state index in [-0.39, 0.29) is 12.6 Å².